The minimum Gasteiger partial charge on any atom is -0.394 e. The minimum absolute atomic E-state index is 0.249. The molecule has 1 aliphatic rings. The maximum absolute atomic E-state index is 13.2. The highest BCUT2D eigenvalue weighted by Gasteiger charge is 2.44. The standard InChI is InChI=1S/C63H121NO10/c1-3-5-7-9-11-13-15-17-19-21-23-25-26-27-28-29-30-31-33-34-36-38-40-42-44-46-48-50-55(66)58(68)54(53-73-63-61(71)60(70)59(69)57(52-65)74-63)64-62(72)56(67)51-49-47-45-43-41-39-37-35-32-24-22-20-18-16-14-12-10-8-6-4-2/h34,36,42,44,54-61,63,65-71H,3-33,35,37-41,43,45-53H2,1-2H3,(H,64,72)/b36-34+,44-42+. The van der Waals surface area contributed by atoms with Crippen LogP contribution in [0.3, 0.4) is 0 Å². The number of hydrogen-bond donors (Lipinski definition) is 8. The minimum atomic E-state index is -1.67. The van der Waals surface area contributed by atoms with E-state index in [2.05, 4.69) is 43.5 Å². The van der Waals surface area contributed by atoms with Gasteiger partial charge in [-0.05, 0) is 51.4 Å². The Morgan fingerprint density at radius 3 is 1.20 bits per heavy atom. The van der Waals surface area contributed by atoms with Crippen LogP contribution in [0.2, 0.25) is 0 Å². The van der Waals surface area contributed by atoms with E-state index in [1.807, 2.05) is 0 Å². The number of hydrogen-bond acceptors (Lipinski definition) is 10. The molecular formula is C63H121NO10. The van der Waals surface area contributed by atoms with Gasteiger partial charge in [0.1, 0.15) is 36.6 Å². The first-order chi connectivity index (χ1) is 36.2. The van der Waals surface area contributed by atoms with E-state index in [4.69, 9.17) is 9.47 Å². The Kier molecular flexibility index (Phi) is 49.9. The van der Waals surface area contributed by atoms with E-state index in [0.29, 0.717) is 19.3 Å². The highest BCUT2D eigenvalue weighted by molar-refractivity contribution is 5.80. The van der Waals surface area contributed by atoms with Crippen molar-refractivity contribution < 1.29 is 50.0 Å². The van der Waals surface area contributed by atoms with E-state index in [-0.39, 0.29) is 12.8 Å². The summed E-state index contributed by atoms with van der Waals surface area (Å²) in [6.07, 6.45) is 52.5. The van der Waals surface area contributed by atoms with Gasteiger partial charge in [0.2, 0.25) is 5.91 Å². The second-order valence-electron chi connectivity index (χ2n) is 22.5. The van der Waals surface area contributed by atoms with Crippen molar-refractivity contribution in [2.24, 2.45) is 0 Å². The van der Waals surface area contributed by atoms with Gasteiger partial charge in [0.25, 0.3) is 0 Å². The van der Waals surface area contributed by atoms with Gasteiger partial charge in [-0.3, -0.25) is 4.79 Å². The fourth-order valence-corrected chi connectivity index (χ4v) is 10.3. The molecule has 0 aromatic carbocycles. The van der Waals surface area contributed by atoms with Gasteiger partial charge in [-0.1, -0.05) is 276 Å². The van der Waals surface area contributed by atoms with Gasteiger partial charge < -0.3 is 50.5 Å². The number of unbranched alkanes of at least 4 members (excludes halogenated alkanes) is 39. The summed E-state index contributed by atoms with van der Waals surface area (Å²) < 4.78 is 11.2. The zero-order valence-corrected chi connectivity index (χ0v) is 48.1. The number of amides is 1. The van der Waals surface area contributed by atoms with E-state index in [1.54, 1.807) is 0 Å². The van der Waals surface area contributed by atoms with Crippen LogP contribution in [0.1, 0.15) is 303 Å². The van der Waals surface area contributed by atoms with Gasteiger partial charge in [-0.2, -0.15) is 0 Å². The van der Waals surface area contributed by atoms with E-state index < -0.39 is 74.2 Å². The molecule has 11 nitrogen and oxygen atoms in total. The highest BCUT2D eigenvalue weighted by Crippen LogP contribution is 2.24. The molecule has 8 N–H and O–H groups in total. The lowest BCUT2D eigenvalue weighted by Gasteiger charge is -2.40. The smallest absolute Gasteiger partial charge is 0.249 e. The lowest BCUT2D eigenvalue weighted by molar-refractivity contribution is -0.303. The Morgan fingerprint density at radius 1 is 0.459 bits per heavy atom. The van der Waals surface area contributed by atoms with Gasteiger partial charge in [0.05, 0.1) is 25.4 Å². The third-order valence-corrected chi connectivity index (χ3v) is 15.5. The largest absolute Gasteiger partial charge is 0.394 e. The summed E-state index contributed by atoms with van der Waals surface area (Å²) in [5, 5.41) is 76.3. The molecule has 0 bridgehead atoms. The third kappa shape index (κ3) is 39.9. The number of aliphatic hydroxyl groups is 7. The second-order valence-corrected chi connectivity index (χ2v) is 22.5. The molecule has 9 unspecified atom stereocenters. The highest BCUT2D eigenvalue weighted by atomic mass is 16.7. The van der Waals surface area contributed by atoms with Gasteiger partial charge in [-0.15, -0.1) is 0 Å². The number of rotatable bonds is 55. The molecule has 9 atom stereocenters. The van der Waals surface area contributed by atoms with E-state index >= 15 is 0 Å². The van der Waals surface area contributed by atoms with Crippen LogP contribution < -0.4 is 5.32 Å². The van der Waals surface area contributed by atoms with E-state index in [0.717, 1.165) is 38.5 Å². The summed E-state index contributed by atoms with van der Waals surface area (Å²) in [6, 6.07) is -1.19. The molecule has 0 radical (unpaired) electrons. The average Bonchev–Trinajstić information content (AvgIpc) is 3.40. The van der Waals surface area contributed by atoms with Crippen LogP contribution in [0, 0.1) is 0 Å². The number of aliphatic hydroxyl groups excluding tert-OH is 7. The lowest BCUT2D eigenvalue weighted by Crippen LogP contribution is -2.60. The normalized spacial score (nSPS) is 19.9. The van der Waals surface area contributed by atoms with Crippen molar-refractivity contribution in [1.29, 1.82) is 0 Å². The maximum Gasteiger partial charge on any atom is 0.249 e. The third-order valence-electron chi connectivity index (χ3n) is 15.5. The molecule has 0 saturated carbocycles. The average molecular weight is 1050 g/mol. The molecule has 0 aliphatic carbocycles. The van der Waals surface area contributed by atoms with Crippen LogP contribution in [0.4, 0.5) is 0 Å². The lowest BCUT2D eigenvalue weighted by atomic mass is 9.98. The van der Waals surface area contributed by atoms with Crippen LogP contribution in [0.15, 0.2) is 24.3 Å². The second kappa shape index (κ2) is 52.3. The van der Waals surface area contributed by atoms with E-state index in [9.17, 15) is 40.5 Å². The van der Waals surface area contributed by atoms with Crippen LogP contribution >= 0.6 is 0 Å². The molecule has 1 aliphatic heterocycles. The summed E-state index contributed by atoms with van der Waals surface area (Å²) in [5.41, 5.74) is 0. The van der Waals surface area contributed by atoms with Crippen molar-refractivity contribution >= 4 is 5.91 Å². The number of nitrogens with one attached hydrogen (secondary N) is 1. The first kappa shape index (κ1) is 70.6. The van der Waals surface area contributed by atoms with Crippen LogP contribution in [-0.4, -0.2) is 110 Å². The molecule has 1 amide bonds. The first-order valence-electron chi connectivity index (χ1n) is 31.7. The van der Waals surface area contributed by atoms with Crippen molar-refractivity contribution in [2.45, 2.75) is 358 Å². The van der Waals surface area contributed by atoms with Crippen molar-refractivity contribution in [3.8, 4) is 0 Å². The summed E-state index contributed by atoms with van der Waals surface area (Å²) in [5.74, 6) is -0.705. The molecule has 1 fully saturated rings. The Labute approximate surface area is 454 Å². The van der Waals surface area contributed by atoms with Crippen molar-refractivity contribution in [1.82, 2.24) is 5.32 Å². The van der Waals surface area contributed by atoms with Crippen molar-refractivity contribution in [3.05, 3.63) is 24.3 Å². The quantitative estimate of drug-likeness (QED) is 0.0215. The van der Waals surface area contributed by atoms with E-state index in [1.165, 1.54) is 218 Å². The van der Waals surface area contributed by atoms with Gasteiger partial charge in [-0.25, -0.2) is 0 Å². The molecule has 11 heteroatoms. The van der Waals surface area contributed by atoms with Gasteiger partial charge in [0.15, 0.2) is 6.29 Å². The van der Waals surface area contributed by atoms with Gasteiger partial charge >= 0.3 is 0 Å². The Morgan fingerprint density at radius 2 is 0.811 bits per heavy atom. The fourth-order valence-electron chi connectivity index (χ4n) is 10.3. The molecule has 438 valence electrons. The van der Waals surface area contributed by atoms with Crippen LogP contribution in [-0.2, 0) is 14.3 Å². The monoisotopic (exact) mass is 1050 g/mol. The summed E-state index contributed by atoms with van der Waals surface area (Å²) >= 11 is 0. The number of allylic oxidation sites excluding steroid dienone is 4. The van der Waals surface area contributed by atoms with Gasteiger partial charge in [0, 0.05) is 0 Å². The first-order valence-corrected chi connectivity index (χ1v) is 31.7. The van der Waals surface area contributed by atoms with Crippen molar-refractivity contribution in [3.63, 3.8) is 0 Å². The van der Waals surface area contributed by atoms with Crippen LogP contribution in [0.5, 0.6) is 0 Å². The predicted octanol–water partition coefficient (Wildman–Crippen LogP) is 14.1. The fraction of sp³-hybridized carbons (Fsp3) is 0.921. The maximum atomic E-state index is 13.2. The van der Waals surface area contributed by atoms with Crippen LogP contribution in [0.25, 0.3) is 0 Å². The Hall–Kier alpha value is -1.41. The zero-order chi connectivity index (χ0) is 54.0. The molecule has 1 rings (SSSR count). The summed E-state index contributed by atoms with van der Waals surface area (Å²) in [4.78, 5) is 13.2. The number of carbonyl (C=O) groups is 1. The number of carbonyl (C=O) groups excluding carboxylic acids is 1. The molecule has 1 heterocycles. The van der Waals surface area contributed by atoms with Crippen molar-refractivity contribution in [2.75, 3.05) is 13.2 Å². The zero-order valence-electron chi connectivity index (χ0n) is 48.1. The number of ether oxygens (including phenoxy) is 2. The molecule has 74 heavy (non-hydrogen) atoms. The SMILES string of the molecule is CCCCCCCCCCCCCCCCCCCC/C=C/CC/C=C/CCCC(O)C(O)C(COC1OC(CO)C(O)C(O)C1O)NC(=O)C(O)CCCCCCCCCCCCCCCCCCCCCC. The molecule has 1 saturated heterocycles. The Bertz CT molecular complexity index is 1250. The summed E-state index contributed by atoms with van der Waals surface area (Å²) in [6.45, 7) is 3.48. The molecular weight excluding hydrogens is 931 g/mol. The molecule has 0 aromatic rings. The topological polar surface area (TPSA) is 189 Å². The molecule has 0 aromatic heterocycles. The summed E-state index contributed by atoms with van der Waals surface area (Å²) in [7, 11) is 0. The molecule has 0 spiro atoms. The Balaban J connectivity index is 2.28. The predicted molar refractivity (Wildman–Crippen MR) is 307 cm³/mol.